The summed E-state index contributed by atoms with van der Waals surface area (Å²) in [5, 5.41) is 0.955. The Morgan fingerprint density at radius 2 is 1.89 bits per heavy atom. The van der Waals surface area contributed by atoms with Gasteiger partial charge in [0.05, 0.1) is 12.0 Å². The molecule has 0 spiro atoms. The lowest BCUT2D eigenvalue weighted by atomic mass is 10.1. The summed E-state index contributed by atoms with van der Waals surface area (Å²) < 4.78 is 16.6. The van der Waals surface area contributed by atoms with Crippen LogP contribution in [0.3, 0.4) is 0 Å². The normalized spacial score (nSPS) is 10.8. The van der Waals surface area contributed by atoms with Gasteiger partial charge in [0, 0.05) is 10.6 Å². The summed E-state index contributed by atoms with van der Waals surface area (Å²) in [4.78, 5) is 25.0. The highest BCUT2D eigenvalue weighted by molar-refractivity contribution is 6.30. The zero-order chi connectivity index (χ0) is 20.1. The van der Waals surface area contributed by atoms with Crippen molar-refractivity contribution in [3.63, 3.8) is 0 Å². The minimum atomic E-state index is -0.528. The summed E-state index contributed by atoms with van der Waals surface area (Å²) in [6.07, 6.45) is 1.70. The van der Waals surface area contributed by atoms with Crippen molar-refractivity contribution in [3.8, 4) is 17.1 Å². The van der Waals surface area contributed by atoms with Gasteiger partial charge in [0.15, 0.2) is 12.4 Å². The average Bonchev–Trinajstić information content (AvgIpc) is 2.68. The second-order valence-corrected chi connectivity index (χ2v) is 6.90. The van der Waals surface area contributed by atoms with E-state index in [4.69, 9.17) is 25.5 Å². The van der Waals surface area contributed by atoms with Crippen molar-refractivity contribution in [2.24, 2.45) is 0 Å². The van der Waals surface area contributed by atoms with Crippen molar-refractivity contribution in [1.82, 2.24) is 0 Å². The van der Waals surface area contributed by atoms with Gasteiger partial charge in [0.2, 0.25) is 11.2 Å². The van der Waals surface area contributed by atoms with Crippen LogP contribution in [0.2, 0.25) is 5.02 Å². The minimum Gasteiger partial charge on any atom is -0.474 e. The Morgan fingerprint density at radius 3 is 2.61 bits per heavy atom. The smallest absolute Gasteiger partial charge is 0.344 e. The number of halogens is 1. The molecule has 28 heavy (non-hydrogen) atoms. The van der Waals surface area contributed by atoms with E-state index in [0.717, 1.165) is 18.4 Å². The number of hydrogen-bond acceptors (Lipinski definition) is 5. The molecule has 0 fully saturated rings. The fourth-order valence-electron chi connectivity index (χ4n) is 2.72. The monoisotopic (exact) mass is 400 g/mol. The molecule has 2 aromatic carbocycles. The molecule has 3 aromatic rings. The molecule has 0 aliphatic heterocycles. The maximum absolute atomic E-state index is 13.1. The SMILES string of the molecule is CCCCOC(=O)COc1c(-c2ccc(Cl)cc2)oc2ccc(C)cc2c1=O. The maximum atomic E-state index is 13.1. The number of benzene rings is 2. The van der Waals surface area contributed by atoms with Crippen molar-refractivity contribution in [1.29, 1.82) is 0 Å². The van der Waals surface area contributed by atoms with E-state index in [2.05, 4.69) is 0 Å². The molecule has 5 nitrogen and oxygen atoms in total. The fourth-order valence-corrected chi connectivity index (χ4v) is 2.84. The Morgan fingerprint density at radius 1 is 1.14 bits per heavy atom. The summed E-state index contributed by atoms with van der Waals surface area (Å²) in [6.45, 7) is 3.85. The van der Waals surface area contributed by atoms with Gasteiger partial charge >= 0.3 is 5.97 Å². The first-order chi connectivity index (χ1) is 13.5. The molecule has 1 aromatic heterocycles. The van der Waals surface area contributed by atoms with Gasteiger partial charge in [-0.2, -0.15) is 0 Å². The summed E-state index contributed by atoms with van der Waals surface area (Å²) >= 11 is 5.96. The zero-order valence-electron chi connectivity index (χ0n) is 15.8. The van der Waals surface area contributed by atoms with Gasteiger partial charge in [-0.1, -0.05) is 36.6 Å². The van der Waals surface area contributed by atoms with Crippen LogP contribution in [0.1, 0.15) is 25.3 Å². The number of ether oxygens (including phenoxy) is 2. The summed E-state index contributed by atoms with van der Waals surface area (Å²) in [5.74, 6) is -0.300. The van der Waals surface area contributed by atoms with Crippen molar-refractivity contribution >= 4 is 28.5 Å². The van der Waals surface area contributed by atoms with Crippen LogP contribution in [0.25, 0.3) is 22.3 Å². The third-order valence-corrected chi connectivity index (χ3v) is 4.46. The number of carbonyl (C=O) groups excluding carboxylic acids is 1. The molecular weight excluding hydrogens is 380 g/mol. The number of carbonyl (C=O) groups is 1. The van der Waals surface area contributed by atoms with Gasteiger partial charge in [0.1, 0.15) is 5.58 Å². The van der Waals surface area contributed by atoms with Crippen LogP contribution in [0.5, 0.6) is 5.75 Å². The summed E-state index contributed by atoms with van der Waals surface area (Å²) in [5.41, 5.74) is 1.65. The molecule has 6 heteroatoms. The Bertz CT molecular complexity index is 1040. The lowest BCUT2D eigenvalue weighted by Crippen LogP contribution is -2.19. The third kappa shape index (κ3) is 4.54. The highest BCUT2D eigenvalue weighted by Crippen LogP contribution is 2.31. The first-order valence-electron chi connectivity index (χ1n) is 9.11. The third-order valence-electron chi connectivity index (χ3n) is 4.21. The van der Waals surface area contributed by atoms with Gasteiger partial charge < -0.3 is 13.9 Å². The standard InChI is InChI=1S/C22H21ClO5/c1-3-4-11-26-19(24)13-27-22-20(25)17-12-14(2)5-10-18(17)28-21(22)15-6-8-16(23)9-7-15/h5-10,12H,3-4,11,13H2,1-2H3. The van der Waals surface area contributed by atoms with E-state index in [9.17, 15) is 9.59 Å². The van der Waals surface area contributed by atoms with Gasteiger partial charge in [-0.3, -0.25) is 4.79 Å². The molecule has 0 aliphatic carbocycles. The van der Waals surface area contributed by atoms with Gasteiger partial charge in [-0.15, -0.1) is 0 Å². The molecule has 0 amide bonds. The van der Waals surface area contributed by atoms with Crippen LogP contribution < -0.4 is 10.2 Å². The van der Waals surface area contributed by atoms with Gasteiger partial charge in [0.25, 0.3) is 0 Å². The Hall–Kier alpha value is -2.79. The first-order valence-corrected chi connectivity index (χ1v) is 9.49. The van der Waals surface area contributed by atoms with Gasteiger partial charge in [-0.05, 0) is 49.7 Å². The number of esters is 1. The van der Waals surface area contributed by atoms with E-state index in [1.165, 1.54) is 0 Å². The fraction of sp³-hybridized carbons (Fsp3) is 0.273. The van der Waals surface area contributed by atoms with E-state index in [1.54, 1.807) is 36.4 Å². The van der Waals surface area contributed by atoms with Crippen molar-refractivity contribution < 1.29 is 18.7 Å². The van der Waals surface area contributed by atoms with E-state index >= 15 is 0 Å². The number of aryl methyl sites for hydroxylation is 1. The second-order valence-electron chi connectivity index (χ2n) is 6.46. The van der Waals surface area contributed by atoms with E-state index in [1.807, 2.05) is 19.9 Å². The molecule has 3 rings (SSSR count). The minimum absolute atomic E-state index is 0.0205. The Balaban J connectivity index is 2.01. The average molecular weight is 401 g/mol. The second kappa shape index (κ2) is 8.93. The predicted molar refractivity (Wildman–Crippen MR) is 109 cm³/mol. The van der Waals surface area contributed by atoms with Crippen LogP contribution in [0.4, 0.5) is 0 Å². The lowest BCUT2D eigenvalue weighted by Gasteiger charge is -2.12. The van der Waals surface area contributed by atoms with Crippen molar-refractivity contribution in [2.45, 2.75) is 26.7 Å². The first kappa shape index (κ1) is 20.0. The molecule has 0 saturated heterocycles. The molecular formula is C22H21ClO5. The van der Waals surface area contributed by atoms with Crippen LogP contribution in [0.15, 0.2) is 51.7 Å². The molecule has 0 atom stereocenters. The Kier molecular flexibility index (Phi) is 6.37. The molecule has 0 unspecified atom stereocenters. The highest BCUT2D eigenvalue weighted by atomic mass is 35.5. The number of fused-ring (bicyclic) bond motifs is 1. The molecule has 0 saturated carbocycles. The van der Waals surface area contributed by atoms with Crippen LogP contribution in [-0.2, 0) is 9.53 Å². The molecule has 1 heterocycles. The largest absolute Gasteiger partial charge is 0.474 e. The zero-order valence-corrected chi connectivity index (χ0v) is 16.5. The molecule has 0 radical (unpaired) electrons. The predicted octanol–water partition coefficient (Wildman–Crippen LogP) is 5.14. The Labute approximate surface area is 167 Å². The summed E-state index contributed by atoms with van der Waals surface area (Å²) in [7, 11) is 0. The van der Waals surface area contributed by atoms with Crippen molar-refractivity contribution in [2.75, 3.05) is 13.2 Å². The lowest BCUT2D eigenvalue weighted by molar-refractivity contribution is -0.146. The van der Waals surface area contributed by atoms with Crippen molar-refractivity contribution in [3.05, 3.63) is 63.3 Å². The van der Waals surface area contributed by atoms with Crippen LogP contribution in [0, 0.1) is 6.92 Å². The van der Waals surface area contributed by atoms with Gasteiger partial charge in [-0.25, -0.2) is 4.79 Å². The maximum Gasteiger partial charge on any atom is 0.344 e. The van der Waals surface area contributed by atoms with Crippen LogP contribution >= 0.6 is 11.6 Å². The van der Waals surface area contributed by atoms with E-state index in [0.29, 0.717) is 28.2 Å². The number of rotatable bonds is 7. The quantitative estimate of drug-likeness (QED) is 0.405. The molecule has 0 aliphatic rings. The summed E-state index contributed by atoms with van der Waals surface area (Å²) in [6, 6.07) is 12.2. The number of unbranched alkanes of at least 4 members (excludes halogenated alkanes) is 1. The van der Waals surface area contributed by atoms with Crippen LogP contribution in [-0.4, -0.2) is 19.2 Å². The molecule has 0 bridgehead atoms. The highest BCUT2D eigenvalue weighted by Gasteiger charge is 2.19. The van der Waals surface area contributed by atoms with E-state index in [-0.39, 0.29) is 23.5 Å². The molecule has 146 valence electrons. The number of hydrogen-bond donors (Lipinski definition) is 0. The van der Waals surface area contributed by atoms with E-state index < -0.39 is 5.97 Å². The topological polar surface area (TPSA) is 65.7 Å². The molecule has 0 N–H and O–H groups in total.